The molecule has 3 rings (SSSR count). The Bertz CT molecular complexity index is 738. The van der Waals surface area contributed by atoms with E-state index in [1.165, 1.54) is 10.4 Å². The van der Waals surface area contributed by atoms with Crippen molar-refractivity contribution in [2.24, 2.45) is 0 Å². The number of hydrogen-bond donors (Lipinski definition) is 0. The SMILES string of the molecule is Cc1ccsc1CN(C)C(=O)c1cccc(N2CCCC2=O)c1. The standard InChI is InChI=1S/C18H20N2O2S/c1-13-8-10-23-16(13)12-19(2)18(22)14-5-3-6-15(11-14)20-9-4-7-17(20)21/h3,5-6,8,10-11H,4,7,9,12H2,1-2H3. The molecule has 1 aliphatic rings. The van der Waals surface area contributed by atoms with Gasteiger partial charge in [0.25, 0.3) is 5.91 Å². The zero-order valence-electron chi connectivity index (χ0n) is 13.4. The van der Waals surface area contributed by atoms with Crippen molar-refractivity contribution in [2.75, 3.05) is 18.5 Å². The zero-order chi connectivity index (χ0) is 16.4. The lowest BCUT2D eigenvalue weighted by Crippen LogP contribution is -2.27. The fraction of sp³-hybridized carbons (Fsp3) is 0.333. The van der Waals surface area contributed by atoms with Crippen LogP contribution in [-0.4, -0.2) is 30.3 Å². The molecule has 0 bridgehead atoms. The highest BCUT2D eigenvalue weighted by molar-refractivity contribution is 7.10. The molecule has 5 heteroatoms. The summed E-state index contributed by atoms with van der Waals surface area (Å²) in [5.41, 5.74) is 2.66. The maximum Gasteiger partial charge on any atom is 0.253 e. The highest BCUT2D eigenvalue weighted by Gasteiger charge is 2.23. The monoisotopic (exact) mass is 328 g/mol. The van der Waals surface area contributed by atoms with Gasteiger partial charge in [-0.05, 0) is 48.6 Å². The van der Waals surface area contributed by atoms with Crippen LogP contribution in [0.1, 0.15) is 33.6 Å². The Kier molecular flexibility index (Phi) is 4.48. The van der Waals surface area contributed by atoms with Gasteiger partial charge in [0.05, 0.1) is 6.54 Å². The summed E-state index contributed by atoms with van der Waals surface area (Å²) in [6.07, 6.45) is 1.48. The van der Waals surface area contributed by atoms with Crippen molar-refractivity contribution >= 4 is 28.8 Å². The van der Waals surface area contributed by atoms with Crippen LogP contribution in [0.5, 0.6) is 0 Å². The molecule has 0 spiro atoms. The maximum absolute atomic E-state index is 12.7. The van der Waals surface area contributed by atoms with Gasteiger partial charge in [0.1, 0.15) is 0 Å². The van der Waals surface area contributed by atoms with E-state index >= 15 is 0 Å². The number of carbonyl (C=O) groups is 2. The molecule has 1 aliphatic heterocycles. The first-order chi connectivity index (χ1) is 11.1. The van der Waals surface area contributed by atoms with Crippen LogP contribution in [0.15, 0.2) is 35.7 Å². The first kappa shape index (κ1) is 15.7. The largest absolute Gasteiger partial charge is 0.337 e. The van der Waals surface area contributed by atoms with Gasteiger partial charge < -0.3 is 9.80 Å². The number of aryl methyl sites for hydroxylation is 1. The molecular formula is C18H20N2O2S. The van der Waals surface area contributed by atoms with Crippen LogP contribution < -0.4 is 4.90 Å². The summed E-state index contributed by atoms with van der Waals surface area (Å²) in [5.74, 6) is 0.114. The van der Waals surface area contributed by atoms with Crippen molar-refractivity contribution in [2.45, 2.75) is 26.3 Å². The second-order valence-electron chi connectivity index (χ2n) is 5.89. The third-order valence-electron chi connectivity index (χ3n) is 4.17. The molecule has 1 aromatic carbocycles. The summed E-state index contributed by atoms with van der Waals surface area (Å²) in [6, 6.07) is 9.44. The second-order valence-corrected chi connectivity index (χ2v) is 6.89. The quantitative estimate of drug-likeness (QED) is 0.862. The molecule has 0 saturated carbocycles. The summed E-state index contributed by atoms with van der Waals surface area (Å²) < 4.78 is 0. The Morgan fingerprint density at radius 2 is 2.17 bits per heavy atom. The molecule has 2 heterocycles. The van der Waals surface area contributed by atoms with Crippen molar-refractivity contribution in [3.05, 3.63) is 51.7 Å². The van der Waals surface area contributed by atoms with E-state index in [1.54, 1.807) is 21.1 Å². The van der Waals surface area contributed by atoms with Crippen LogP contribution in [0, 0.1) is 6.92 Å². The van der Waals surface area contributed by atoms with Gasteiger partial charge >= 0.3 is 0 Å². The average molecular weight is 328 g/mol. The van der Waals surface area contributed by atoms with Crippen molar-refractivity contribution in [1.29, 1.82) is 0 Å². The van der Waals surface area contributed by atoms with Crippen molar-refractivity contribution in [1.82, 2.24) is 4.90 Å². The Labute approximate surface area is 140 Å². The van der Waals surface area contributed by atoms with Crippen LogP contribution in [0.25, 0.3) is 0 Å². The summed E-state index contributed by atoms with van der Waals surface area (Å²) in [5, 5.41) is 2.04. The average Bonchev–Trinajstić information content (AvgIpc) is 3.15. The summed E-state index contributed by atoms with van der Waals surface area (Å²) >= 11 is 1.67. The van der Waals surface area contributed by atoms with Gasteiger partial charge in [0.15, 0.2) is 0 Å². The van der Waals surface area contributed by atoms with E-state index in [4.69, 9.17) is 0 Å². The van der Waals surface area contributed by atoms with Gasteiger partial charge in [-0.2, -0.15) is 0 Å². The van der Waals surface area contributed by atoms with E-state index < -0.39 is 0 Å². The normalized spacial score (nSPS) is 14.3. The van der Waals surface area contributed by atoms with Crippen LogP contribution >= 0.6 is 11.3 Å². The predicted octanol–water partition coefficient (Wildman–Crippen LogP) is 3.46. The molecule has 2 aromatic rings. The summed E-state index contributed by atoms with van der Waals surface area (Å²) in [6.45, 7) is 3.40. The van der Waals surface area contributed by atoms with Gasteiger partial charge in [0, 0.05) is 36.1 Å². The van der Waals surface area contributed by atoms with E-state index in [0.717, 1.165) is 18.7 Å². The minimum atomic E-state index is -0.0219. The van der Waals surface area contributed by atoms with Crippen molar-refractivity contribution in [3.8, 4) is 0 Å². The first-order valence-electron chi connectivity index (χ1n) is 7.75. The summed E-state index contributed by atoms with van der Waals surface area (Å²) in [7, 11) is 1.81. The molecule has 4 nitrogen and oxygen atoms in total. The fourth-order valence-electron chi connectivity index (χ4n) is 2.80. The molecule has 1 fully saturated rings. The number of rotatable bonds is 4. The molecule has 23 heavy (non-hydrogen) atoms. The van der Waals surface area contributed by atoms with Gasteiger partial charge in [0.2, 0.25) is 5.91 Å². The van der Waals surface area contributed by atoms with Crippen molar-refractivity contribution < 1.29 is 9.59 Å². The molecule has 0 atom stereocenters. The lowest BCUT2D eigenvalue weighted by atomic mass is 10.1. The Hall–Kier alpha value is -2.14. The Balaban J connectivity index is 1.77. The molecule has 1 aromatic heterocycles. The summed E-state index contributed by atoms with van der Waals surface area (Å²) in [4.78, 5) is 29.2. The molecule has 0 radical (unpaired) electrons. The molecule has 2 amide bonds. The van der Waals surface area contributed by atoms with E-state index in [2.05, 4.69) is 13.0 Å². The third-order valence-corrected chi connectivity index (χ3v) is 5.18. The number of hydrogen-bond acceptors (Lipinski definition) is 3. The fourth-order valence-corrected chi connectivity index (χ4v) is 3.76. The van der Waals surface area contributed by atoms with E-state index in [0.29, 0.717) is 18.5 Å². The molecule has 120 valence electrons. The number of amides is 2. The van der Waals surface area contributed by atoms with Gasteiger partial charge in [-0.1, -0.05) is 6.07 Å². The van der Waals surface area contributed by atoms with Crippen LogP contribution in [0.3, 0.4) is 0 Å². The smallest absolute Gasteiger partial charge is 0.253 e. The van der Waals surface area contributed by atoms with Crippen LogP contribution in [0.4, 0.5) is 5.69 Å². The lowest BCUT2D eigenvalue weighted by molar-refractivity contribution is -0.117. The minimum Gasteiger partial charge on any atom is -0.337 e. The van der Waals surface area contributed by atoms with Gasteiger partial charge in [-0.3, -0.25) is 9.59 Å². The van der Waals surface area contributed by atoms with E-state index in [-0.39, 0.29) is 11.8 Å². The minimum absolute atomic E-state index is 0.0219. The lowest BCUT2D eigenvalue weighted by Gasteiger charge is -2.19. The predicted molar refractivity (Wildman–Crippen MR) is 92.9 cm³/mol. The molecule has 0 unspecified atom stereocenters. The number of anilines is 1. The molecule has 0 aliphatic carbocycles. The molecular weight excluding hydrogens is 308 g/mol. The number of carbonyl (C=O) groups excluding carboxylic acids is 2. The van der Waals surface area contributed by atoms with Gasteiger partial charge in [-0.15, -0.1) is 11.3 Å². The zero-order valence-corrected chi connectivity index (χ0v) is 14.2. The van der Waals surface area contributed by atoms with E-state index in [9.17, 15) is 9.59 Å². The Morgan fingerprint density at radius 3 is 2.83 bits per heavy atom. The second kappa shape index (κ2) is 6.54. The third kappa shape index (κ3) is 3.29. The number of benzene rings is 1. The number of nitrogens with zero attached hydrogens (tertiary/aromatic N) is 2. The van der Waals surface area contributed by atoms with Crippen LogP contribution in [-0.2, 0) is 11.3 Å². The topological polar surface area (TPSA) is 40.6 Å². The Morgan fingerprint density at radius 1 is 1.35 bits per heavy atom. The van der Waals surface area contributed by atoms with Crippen molar-refractivity contribution in [3.63, 3.8) is 0 Å². The maximum atomic E-state index is 12.7. The van der Waals surface area contributed by atoms with E-state index in [1.807, 2.05) is 36.7 Å². The molecule has 0 N–H and O–H groups in total. The first-order valence-corrected chi connectivity index (χ1v) is 8.63. The van der Waals surface area contributed by atoms with Gasteiger partial charge in [-0.25, -0.2) is 0 Å². The highest BCUT2D eigenvalue weighted by Crippen LogP contribution is 2.23. The highest BCUT2D eigenvalue weighted by atomic mass is 32.1. The van der Waals surface area contributed by atoms with Crippen LogP contribution in [0.2, 0.25) is 0 Å². The number of thiophene rings is 1. The molecule has 1 saturated heterocycles.